The highest BCUT2D eigenvalue weighted by atomic mass is 19.2. The quantitative estimate of drug-likeness (QED) is 0.671. The number of guanidine groups is 1. The van der Waals surface area contributed by atoms with Crippen molar-refractivity contribution < 1.29 is 8.78 Å². The van der Waals surface area contributed by atoms with Gasteiger partial charge in [-0.1, -0.05) is 13.8 Å². The summed E-state index contributed by atoms with van der Waals surface area (Å²) >= 11 is 0. The molecule has 1 aromatic rings. The van der Waals surface area contributed by atoms with E-state index in [0.717, 1.165) is 50.8 Å². The van der Waals surface area contributed by atoms with E-state index in [9.17, 15) is 8.78 Å². The minimum Gasteiger partial charge on any atom is -0.371 e. The molecule has 4 nitrogen and oxygen atoms in total. The van der Waals surface area contributed by atoms with Crippen molar-refractivity contribution in [2.24, 2.45) is 16.3 Å². The topological polar surface area (TPSA) is 30.9 Å². The first-order chi connectivity index (χ1) is 11.9. The summed E-state index contributed by atoms with van der Waals surface area (Å²) in [6, 6.07) is 4.14. The molecule has 6 heteroatoms. The zero-order chi connectivity index (χ0) is 18.0. The van der Waals surface area contributed by atoms with Crippen LogP contribution in [0.1, 0.15) is 26.7 Å². The smallest absolute Gasteiger partial charge is 0.193 e. The van der Waals surface area contributed by atoms with Crippen LogP contribution in [0.25, 0.3) is 0 Å². The Bertz CT molecular complexity index is 644. The highest BCUT2D eigenvalue weighted by Gasteiger charge is 2.31. The second-order valence-corrected chi connectivity index (χ2v) is 7.96. The van der Waals surface area contributed by atoms with Crippen LogP contribution in [0.15, 0.2) is 23.2 Å². The maximum absolute atomic E-state index is 13.4. The van der Waals surface area contributed by atoms with E-state index in [2.05, 4.69) is 34.0 Å². The highest BCUT2D eigenvalue weighted by molar-refractivity contribution is 5.80. The first-order valence-corrected chi connectivity index (χ1v) is 9.03. The first-order valence-electron chi connectivity index (χ1n) is 9.03. The third-order valence-electron chi connectivity index (χ3n) is 5.29. The lowest BCUT2D eigenvalue weighted by Crippen LogP contribution is -2.42. The van der Waals surface area contributed by atoms with Crippen LogP contribution in [-0.2, 0) is 0 Å². The van der Waals surface area contributed by atoms with Crippen molar-refractivity contribution in [2.75, 3.05) is 44.7 Å². The van der Waals surface area contributed by atoms with Gasteiger partial charge in [0.05, 0.1) is 0 Å². The fourth-order valence-corrected chi connectivity index (χ4v) is 3.78. The maximum atomic E-state index is 13.4. The summed E-state index contributed by atoms with van der Waals surface area (Å²) in [5.74, 6) is -0.132. The molecular weight excluding hydrogens is 322 g/mol. The minimum absolute atomic E-state index is 0.342. The summed E-state index contributed by atoms with van der Waals surface area (Å²) in [5, 5.41) is 3.50. The zero-order valence-electron chi connectivity index (χ0n) is 15.4. The van der Waals surface area contributed by atoms with Crippen molar-refractivity contribution >= 4 is 11.6 Å². The van der Waals surface area contributed by atoms with Crippen LogP contribution in [0, 0.1) is 23.0 Å². The Hall–Kier alpha value is -1.85. The molecule has 3 rings (SSSR count). The van der Waals surface area contributed by atoms with E-state index >= 15 is 0 Å². The molecule has 0 amide bonds. The zero-order valence-corrected chi connectivity index (χ0v) is 15.4. The number of hydrogen-bond acceptors (Lipinski definition) is 2. The lowest BCUT2D eigenvalue weighted by atomic mass is 9.93. The Morgan fingerprint density at radius 3 is 2.72 bits per heavy atom. The Morgan fingerprint density at radius 1 is 1.28 bits per heavy atom. The van der Waals surface area contributed by atoms with E-state index in [1.54, 1.807) is 6.07 Å². The molecule has 1 aromatic carbocycles. The number of likely N-dealkylation sites (tertiary alicyclic amines) is 1. The van der Waals surface area contributed by atoms with E-state index in [1.807, 2.05) is 7.05 Å². The van der Waals surface area contributed by atoms with Crippen molar-refractivity contribution in [3.8, 4) is 0 Å². The van der Waals surface area contributed by atoms with Gasteiger partial charge >= 0.3 is 0 Å². The van der Waals surface area contributed by atoms with Gasteiger partial charge in [0.25, 0.3) is 0 Å². The van der Waals surface area contributed by atoms with Gasteiger partial charge in [0, 0.05) is 51.5 Å². The van der Waals surface area contributed by atoms with E-state index in [1.165, 1.54) is 18.6 Å². The third-order valence-corrected chi connectivity index (χ3v) is 5.29. The monoisotopic (exact) mass is 350 g/mol. The average molecular weight is 350 g/mol. The average Bonchev–Trinajstić information content (AvgIpc) is 3.17. The van der Waals surface area contributed by atoms with Crippen LogP contribution in [0.4, 0.5) is 14.5 Å². The lowest BCUT2D eigenvalue weighted by Gasteiger charge is -2.25. The number of benzene rings is 1. The van der Waals surface area contributed by atoms with Crippen LogP contribution in [-0.4, -0.2) is 50.6 Å². The number of halogens is 2. The van der Waals surface area contributed by atoms with Crippen molar-refractivity contribution in [3.63, 3.8) is 0 Å². The van der Waals surface area contributed by atoms with Gasteiger partial charge < -0.3 is 15.1 Å². The molecule has 1 unspecified atom stereocenters. The van der Waals surface area contributed by atoms with Crippen LogP contribution in [0.2, 0.25) is 0 Å². The standard InChI is InChI=1S/C19H28F2N4/c1-19(2)7-9-25(13-19)18(22-3)23-11-14-6-8-24(12-14)15-4-5-16(20)17(21)10-15/h4-5,10,14H,6-9,11-13H2,1-3H3,(H,22,23). The second kappa shape index (κ2) is 7.18. The van der Waals surface area contributed by atoms with E-state index < -0.39 is 11.6 Å². The van der Waals surface area contributed by atoms with E-state index in [-0.39, 0.29) is 0 Å². The number of nitrogens with zero attached hydrogens (tertiary/aromatic N) is 3. The van der Waals surface area contributed by atoms with Gasteiger partial charge in [-0.05, 0) is 36.3 Å². The van der Waals surface area contributed by atoms with Crippen molar-refractivity contribution in [1.82, 2.24) is 10.2 Å². The lowest BCUT2D eigenvalue weighted by molar-refractivity contribution is 0.368. The summed E-state index contributed by atoms with van der Waals surface area (Å²) in [4.78, 5) is 8.86. The SMILES string of the molecule is CN=C(NCC1CCN(c2ccc(F)c(F)c2)C1)N1CCC(C)(C)C1. The Balaban J connectivity index is 1.52. The summed E-state index contributed by atoms with van der Waals surface area (Å²) in [6.07, 6.45) is 2.22. The van der Waals surface area contributed by atoms with Gasteiger partial charge in [-0.25, -0.2) is 8.78 Å². The Kier molecular flexibility index (Phi) is 5.16. The van der Waals surface area contributed by atoms with Gasteiger partial charge in [-0.15, -0.1) is 0 Å². The summed E-state index contributed by atoms with van der Waals surface area (Å²) < 4.78 is 26.5. The highest BCUT2D eigenvalue weighted by Crippen LogP contribution is 2.29. The third kappa shape index (κ3) is 4.22. The van der Waals surface area contributed by atoms with Crippen LogP contribution >= 0.6 is 0 Å². The fraction of sp³-hybridized carbons (Fsp3) is 0.632. The molecule has 138 valence electrons. The molecule has 0 radical (unpaired) electrons. The Morgan fingerprint density at radius 2 is 2.08 bits per heavy atom. The van der Waals surface area contributed by atoms with Crippen LogP contribution in [0.3, 0.4) is 0 Å². The Labute approximate surface area is 148 Å². The number of anilines is 1. The van der Waals surface area contributed by atoms with Gasteiger partial charge in [-0.2, -0.15) is 0 Å². The number of rotatable bonds is 3. The van der Waals surface area contributed by atoms with Gasteiger partial charge in [0.1, 0.15) is 0 Å². The van der Waals surface area contributed by atoms with Crippen molar-refractivity contribution in [2.45, 2.75) is 26.7 Å². The van der Waals surface area contributed by atoms with Gasteiger partial charge in [0.15, 0.2) is 17.6 Å². The molecule has 2 aliphatic rings. The van der Waals surface area contributed by atoms with E-state index in [4.69, 9.17) is 0 Å². The molecule has 2 saturated heterocycles. The largest absolute Gasteiger partial charge is 0.371 e. The molecular formula is C19H28F2N4. The van der Waals surface area contributed by atoms with E-state index in [0.29, 0.717) is 11.3 Å². The van der Waals surface area contributed by atoms with Crippen molar-refractivity contribution in [3.05, 3.63) is 29.8 Å². The summed E-state index contributed by atoms with van der Waals surface area (Å²) in [7, 11) is 1.83. The minimum atomic E-state index is -0.793. The molecule has 0 saturated carbocycles. The predicted octanol–water partition coefficient (Wildman–Crippen LogP) is 3.10. The normalized spacial score (nSPS) is 23.4. The molecule has 0 aliphatic carbocycles. The fourth-order valence-electron chi connectivity index (χ4n) is 3.78. The molecule has 2 fully saturated rings. The number of hydrogen-bond donors (Lipinski definition) is 1. The first kappa shape index (κ1) is 18.0. The molecule has 0 aromatic heterocycles. The summed E-state index contributed by atoms with van der Waals surface area (Å²) in [6.45, 7) is 9.21. The van der Waals surface area contributed by atoms with Gasteiger partial charge in [-0.3, -0.25) is 4.99 Å². The number of aliphatic imine (C=N–C) groups is 1. The molecule has 1 atom stereocenters. The molecule has 0 spiro atoms. The van der Waals surface area contributed by atoms with Gasteiger partial charge in [0.2, 0.25) is 0 Å². The molecule has 0 bridgehead atoms. The maximum Gasteiger partial charge on any atom is 0.193 e. The van der Waals surface area contributed by atoms with Crippen molar-refractivity contribution in [1.29, 1.82) is 0 Å². The molecule has 2 aliphatic heterocycles. The molecule has 2 heterocycles. The molecule has 25 heavy (non-hydrogen) atoms. The number of nitrogens with one attached hydrogen (secondary N) is 1. The van der Waals surface area contributed by atoms with Crippen LogP contribution < -0.4 is 10.2 Å². The predicted molar refractivity (Wildman–Crippen MR) is 98.0 cm³/mol. The second-order valence-electron chi connectivity index (χ2n) is 7.96. The van der Waals surface area contributed by atoms with Crippen LogP contribution in [0.5, 0.6) is 0 Å². The summed E-state index contributed by atoms with van der Waals surface area (Å²) in [5.41, 5.74) is 1.10. The molecule has 1 N–H and O–H groups in total.